The van der Waals surface area contributed by atoms with Gasteiger partial charge in [0, 0.05) is 71.4 Å². The van der Waals surface area contributed by atoms with Crippen molar-refractivity contribution >= 4 is 98.9 Å². The van der Waals surface area contributed by atoms with Crippen LogP contribution in [0.3, 0.4) is 0 Å². The lowest BCUT2D eigenvalue weighted by Gasteiger charge is -2.26. The summed E-state index contributed by atoms with van der Waals surface area (Å²) < 4.78 is 11.1. The van der Waals surface area contributed by atoms with Crippen LogP contribution in [0.5, 0.6) is 0 Å². The fourth-order valence-corrected chi connectivity index (χ4v) is 9.74. The highest BCUT2D eigenvalue weighted by molar-refractivity contribution is 6.25. The van der Waals surface area contributed by atoms with Gasteiger partial charge in [-0.1, -0.05) is 121 Å². The molecule has 270 valence electrons. The van der Waals surface area contributed by atoms with Crippen molar-refractivity contribution < 1.29 is 4.42 Å². The highest BCUT2D eigenvalue weighted by atomic mass is 16.3. The molecule has 0 aliphatic heterocycles. The van der Waals surface area contributed by atoms with Crippen LogP contribution in [-0.4, -0.2) is 8.97 Å². The van der Waals surface area contributed by atoms with Crippen LogP contribution in [0.1, 0.15) is 0 Å². The summed E-state index contributed by atoms with van der Waals surface area (Å²) in [6.07, 6.45) is 0. The molecule has 0 unspecified atom stereocenters. The SMILES string of the molecule is c1ccc2c(c1)oc1ccc(N(c3ccc(-c4cccc5c6cccc7c8ccccc8n(c45)c76)cc3)c3ccc(-n4c5ccccc5c5ccccc54)cc3)cc12. The van der Waals surface area contributed by atoms with Gasteiger partial charge in [0.1, 0.15) is 11.2 Å². The van der Waals surface area contributed by atoms with Crippen LogP contribution in [-0.2, 0) is 0 Å². The smallest absolute Gasteiger partial charge is 0.135 e. The molecule has 0 radical (unpaired) electrons. The lowest BCUT2D eigenvalue weighted by molar-refractivity contribution is 0.669. The fraction of sp³-hybridized carbons (Fsp3) is 0. The van der Waals surface area contributed by atoms with E-state index in [1.807, 2.05) is 12.1 Å². The summed E-state index contributed by atoms with van der Waals surface area (Å²) in [5.74, 6) is 0. The van der Waals surface area contributed by atoms with E-state index in [0.717, 1.165) is 44.7 Å². The number of furan rings is 1. The van der Waals surface area contributed by atoms with Gasteiger partial charge in [-0.2, -0.15) is 0 Å². The van der Waals surface area contributed by atoms with Crippen molar-refractivity contribution in [3.8, 4) is 16.8 Å². The number of rotatable bonds is 5. The summed E-state index contributed by atoms with van der Waals surface area (Å²) in [6.45, 7) is 0. The molecule has 0 spiro atoms. The molecule has 4 nitrogen and oxygen atoms in total. The molecule has 13 rings (SSSR count). The Hall–Kier alpha value is -7.82. The molecular formula is C54H33N3O. The van der Waals surface area contributed by atoms with E-state index in [4.69, 9.17) is 4.42 Å². The summed E-state index contributed by atoms with van der Waals surface area (Å²) in [7, 11) is 0. The largest absolute Gasteiger partial charge is 0.456 e. The summed E-state index contributed by atoms with van der Waals surface area (Å²) in [5, 5.41) is 9.88. The zero-order valence-electron chi connectivity index (χ0n) is 31.3. The van der Waals surface area contributed by atoms with Crippen LogP contribution >= 0.6 is 0 Å². The van der Waals surface area contributed by atoms with Gasteiger partial charge in [0.15, 0.2) is 0 Å². The molecule has 4 aromatic heterocycles. The van der Waals surface area contributed by atoms with E-state index in [0.29, 0.717) is 0 Å². The molecule has 0 N–H and O–H groups in total. The van der Waals surface area contributed by atoms with Gasteiger partial charge in [-0.3, -0.25) is 0 Å². The first-order chi connectivity index (χ1) is 28.8. The predicted molar refractivity (Wildman–Crippen MR) is 243 cm³/mol. The molecule has 13 aromatic rings. The zero-order valence-corrected chi connectivity index (χ0v) is 31.3. The maximum absolute atomic E-state index is 6.27. The minimum Gasteiger partial charge on any atom is -0.456 e. The molecule has 4 heterocycles. The second-order valence-electron chi connectivity index (χ2n) is 15.3. The van der Waals surface area contributed by atoms with Crippen molar-refractivity contribution in [3.63, 3.8) is 0 Å². The van der Waals surface area contributed by atoms with Crippen LogP contribution in [0.25, 0.3) is 98.7 Å². The quantitative estimate of drug-likeness (QED) is 0.176. The van der Waals surface area contributed by atoms with E-state index in [1.54, 1.807) is 0 Å². The fourth-order valence-electron chi connectivity index (χ4n) is 9.74. The number of hydrogen-bond donors (Lipinski definition) is 0. The van der Waals surface area contributed by atoms with Crippen LogP contribution in [0, 0.1) is 0 Å². The highest BCUT2D eigenvalue weighted by Gasteiger charge is 2.21. The molecule has 0 atom stereocenters. The third kappa shape index (κ3) is 4.34. The molecule has 4 heteroatoms. The van der Waals surface area contributed by atoms with Gasteiger partial charge in [0.25, 0.3) is 0 Å². The summed E-state index contributed by atoms with van der Waals surface area (Å²) >= 11 is 0. The van der Waals surface area contributed by atoms with Gasteiger partial charge >= 0.3 is 0 Å². The second-order valence-corrected chi connectivity index (χ2v) is 15.3. The highest BCUT2D eigenvalue weighted by Crippen LogP contribution is 2.44. The molecular weight excluding hydrogens is 707 g/mol. The summed E-state index contributed by atoms with van der Waals surface area (Å²) in [6, 6.07) is 72.5. The van der Waals surface area contributed by atoms with Crippen LogP contribution < -0.4 is 4.90 Å². The zero-order chi connectivity index (χ0) is 37.9. The molecule has 0 fully saturated rings. The number of nitrogens with zero attached hydrogens (tertiary/aromatic N) is 3. The Morgan fingerprint density at radius 3 is 1.55 bits per heavy atom. The van der Waals surface area contributed by atoms with Crippen LogP contribution in [0.15, 0.2) is 205 Å². The summed E-state index contributed by atoms with van der Waals surface area (Å²) in [5.41, 5.74) is 14.7. The molecule has 0 amide bonds. The van der Waals surface area contributed by atoms with Gasteiger partial charge in [0.2, 0.25) is 0 Å². The van der Waals surface area contributed by atoms with Crippen molar-refractivity contribution in [2.24, 2.45) is 0 Å². The normalized spacial score (nSPS) is 12.1. The van der Waals surface area contributed by atoms with Gasteiger partial charge in [0.05, 0.1) is 27.6 Å². The molecule has 9 aromatic carbocycles. The van der Waals surface area contributed by atoms with E-state index in [2.05, 4.69) is 202 Å². The van der Waals surface area contributed by atoms with Gasteiger partial charge in [-0.05, 0) is 84.4 Å². The number of para-hydroxylation sites is 6. The number of benzene rings is 9. The molecule has 0 aliphatic rings. The number of hydrogen-bond acceptors (Lipinski definition) is 2. The van der Waals surface area contributed by atoms with Crippen LogP contribution in [0.4, 0.5) is 17.1 Å². The Kier molecular flexibility index (Phi) is 6.41. The second kappa shape index (κ2) is 11.8. The standard InChI is InChI=1S/C54H33N3O/c1-5-19-48-40(11-1)41-12-2-6-20-49(41)56(48)37-29-27-36(28-30-37)55(38-31-32-52-47(33-38)43-14-4-8-22-51(43)58-52)35-25-23-34(24-26-35)39-15-9-17-45-46-18-10-16-44-42-13-3-7-21-50(42)57(53(39)45)54(44)46/h1-33H. The average Bonchev–Trinajstić information content (AvgIpc) is 4.03. The monoisotopic (exact) mass is 739 g/mol. The van der Waals surface area contributed by atoms with Gasteiger partial charge < -0.3 is 18.3 Å². The number of anilines is 3. The van der Waals surface area contributed by atoms with Gasteiger partial charge in [-0.25, -0.2) is 0 Å². The number of aromatic nitrogens is 2. The van der Waals surface area contributed by atoms with E-state index >= 15 is 0 Å². The van der Waals surface area contributed by atoms with Crippen molar-refractivity contribution in [2.75, 3.05) is 4.90 Å². The lowest BCUT2D eigenvalue weighted by Crippen LogP contribution is -2.10. The van der Waals surface area contributed by atoms with E-state index in [9.17, 15) is 0 Å². The van der Waals surface area contributed by atoms with Crippen molar-refractivity contribution in [1.82, 2.24) is 8.97 Å². The Balaban J connectivity index is 0.980. The summed E-state index contributed by atoms with van der Waals surface area (Å²) in [4.78, 5) is 2.36. The lowest BCUT2D eigenvalue weighted by atomic mass is 10.0. The Morgan fingerprint density at radius 1 is 0.345 bits per heavy atom. The minimum absolute atomic E-state index is 0.882. The van der Waals surface area contributed by atoms with E-state index in [-0.39, 0.29) is 0 Å². The average molecular weight is 740 g/mol. The molecule has 0 aliphatic carbocycles. The molecule has 0 saturated heterocycles. The maximum Gasteiger partial charge on any atom is 0.135 e. The minimum atomic E-state index is 0.882. The van der Waals surface area contributed by atoms with Crippen molar-refractivity contribution in [2.45, 2.75) is 0 Å². The first kappa shape index (κ1) is 31.4. The Bertz CT molecular complexity index is 3680. The third-order valence-electron chi connectivity index (χ3n) is 12.2. The van der Waals surface area contributed by atoms with Gasteiger partial charge in [-0.15, -0.1) is 0 Å². The van der Waals surface area contributed by atoms with Crippen molar-refractivity contribution in [3.05, 3.63) is 200 Å². The van der Waals surface area contributed by atoms with Crippen molar-refractivity contribution in [1.29, 1.82) is 0 Å². The topological polar surface area (TPSA) is 25.7 Å². The first-order valence-corrected chi connectivity index (χ1v) is 19.8. The Labute approximate surface area is 333 Å². The van der Waals surface area contributed by atoms with E-state index in [1.165, 1.54) is 71.0 Å². The molecule has 0 saturated carbocycles. The predicted octanol–water partition coefficient (Wildman–Crippen LogP) is 15.0. The Morgan fingerprint density at radius 2 is 0.845 bits per heavy atom. The maximum atomic E-state index is 6.27. The first-order valence-electron chi connectivity index (χ1n) is 19.8. The number of fused-ring (bicyclic) bond motifs is 12. The third-order valence-corrected chi connectivity index (χ3v) is 12.2. The molecule has 0 bridgehead atoms. The molecule has 58 heavy (non-hydrogen) atoms. The van der Waals surface area contributed by atoms with E-state index < -0.39 is 0 Å². The van der Waals surface area contributed by atoms with Crippen LogP contribution in [0.2, 0.25) is 0 Å².